The van der Waals surface area contributed by atoms with Crippen LogP contribution in [0.2, 0.25) is 0 Å². The number of ether oxygens (including phenoxy) is 1. The Labute approximate surface area is 143 Å². The molecule has 8 heteroatoms. The molecule has 0 unspecified atom stereocenters. The number of aryl methyl sites for hydroxylation is 1. The van der Waals surface area contributed by atoms with Gasteiger partial charge in [0.1, 0.15) is 11.5 Å². The monoisotopic (exact) mass is 352 g/mol. The molecule has 1 saturated heterocycles. The van der Waals surface area contributed by atoms with Crippen molar-refractivity contribution in [2.24, 2.45) is 5.92 Å². The Morgan fingerprint density at radius 3 is 2.56 bits per heavy atom. The fourth-order valence-electron chi connectivity index (χ4n) is 2.82. The number of pyridine rings is 1. The largest absolute Gasteiger partial charge is 0.476 e. The van der Waals surface area contributed by atoms with Crippen LogP contribution in [0, 0.1) is 12.8 Å². The molecule has 0 spiro atoms. The maximum absolute atomic E-state index is 12.8. The van der Waals surface area contributed by atoms with Gasteiger partial charge in [-0.3, -0.25) is 4.98 Å². The Hall–Kier alpha value is -2.38. The van der Waals surface area contributed by atoms with Crippen LogP contribution in [0.3, 0.4) is 0 Å². The Morgan fingerprint density at radius 2 is 1.88 bits per heavy atom. The third-order valence-electron chi connectivity index (χ3n) is 4.26. The highest BCUT2D eigenvalue weighted by molar-refractivity contribution is 5.40. The van der Waals surface area contributed by atoms with Crippen molar-refractivity contribution in [2.75, 3.05) is 24.6 Å². The van der Waals surface area contributed by atoms with Gasteiger partial charge < -0.3 is 9.64 Å². The Balaban J connectivity index is 1.55. The fourth-order valence-corrected chi connectivity index (χ4v) is 2.82. The average Bonchev–Trinajstić information content (AvgIpc) is 2.61. The molecule has 0 radical (unpaired) electrons. The molecule has 1 aliphatic heterocycles. The van der Waals surface area contributed by atoms with E-state index >= 15 is 0 Å². The SMILES string of the molecule is Cc1nccnc1OCC1CCN(c2cccc(C(F)(F)F)n2)CC1. The summed E-state index contributed by atoms with van der Waals surface area (Å²) in [5.74, 6) is 1.24. The maximum atomic E-state index is 12.8. The number of rotatable bonds is 4. The van der Waals surface area contributed by atoms with E-state index in [1.165, 1.54) is 6.07 Å². The van der Waals surface area contributed by atoms with E-state index in [0.717, 1.165) is 24.6 Å². The van der Waals surface area contributed by atoms with E-state index in [1.54, 1.807) is 18.5 Å². The summed E-state index contributed by atoms with van der Waals surface area (Å²) in [4.78, 5) is 13.9. The molecule has 0 aromatic carbocycles. The van der Waals surface area contributed by atoms with E-state index in [9.17, 15) is 13.2 Å². The number of hydrogen-bond acceptors (Lipinski definition) is 5. The van der Waals surface area contributed by atoms with E-state index in [1.807, 2.05) is 11.8 Å². The normalized spacial score (nSPS) is 16.1. The molecule has 2 aromatic rings. The van der Waals surface area contributed by atoms with Gasteiger partial charge in [0.2, 0.25) is 5.88 Å². The minimum absolute atomic E-state index is 0.337. The van der Waals surface area contributed by atoms with E-state index in [2.05, 4.69) is 15.0 Å². The van der Waals surface area contributed by atoms with Crippen molar-refractivity contribution in [3.63, 3.8) is 0 Å². The molecule has 5 nitrogen and oxygen atoms in total. The van der Waals surface area contributed by atoms with Gasteiger partial charge in [-0.25, -0.2) is 9.97 Å². The molecule has 1 aliphatic rings. The minimum Gasteiger partial charge on any atom is -0.476 e. The minimum atomic E-state index is -4.42. The molecule has 134 valence electrons. The quantitative estimate of drug-likeness (QED) is 0.843. The van der Waals surface area contributed by atoms with Crippen LogP contribution >= 0.6 is 0 Å². The number of anilines is 1. The fraction of sp³-hybridized carbons (Fsp3) is 0.471. The molecule has 1 fully saturated rings. The van der Waals surface area contributed by atoms with Gasteiger partial charge in [-0.1, -0.05) is 6.07 Å². The van der Waals surface area contributed by atoms with Crippen molar-refractivity contribution in [1.82, 2.24) is 15.0 Å². The molecule has 3 heterocycles. The second-order valence-electron chi connectivity index (χ2n) is 6.07. The zero-order valence-electron chi connectivity index (χ0n) is 13.8. The topological polar surface area (TPSA) is 51.1 Å². The molecule has 3 rings (SSSR count). The van der Waals surface area contributed by atoms with Crippen molar-refractivity contribution >= 4 is 5.82 Å². The number of nitrogens with zero attached hydrogens (tertiary/aromatic N) is 4. The van der Waals surface area contributed by atoms with E-state index in [-0.39, 0.29) is 0 Å². The lowest BCUT2D eigenvalue weighted by atomic mass is 9.98. The Morgan fingerprint density at radius 1 is 1.16 bits per heavy atom. The predicted molar refractivity (Wildman–Crippen MR) is 86.4 cm³/mol. The van der Waals surface area contributed by atoms with Gasteiger partial charge >= 0.3 is 6.18 Å². The van der Waals surface area contributed by atoms with Crippen LogP contribution in [0.1, 0.15) is 24.2 Å². The van der Waals surface area contributed by atoms with E-state index in [4.69, 9.17) is 4.74 Å². The van der Waals surface area contributed by atoms with Crippen LogP contribution < -0.4 is 9.64 Å². The van der Waals surface area contributed by atoms with Crippen molar-refractivity contribution in [2.45, 2.75) is 25.9 Å². The highest BCUT2D eigenvalue weighted by Crippen LogP contribution is 2.30. The van der Waals surface area contributed by atoms with Gasteiger partial charge in [0, 0.05) is 25.5 Å². The summed E-state index contributed by atoms with van der Waals surface area (Å²) in [5.41, 5.74) is -0.110. The molecular weight excluding hydrogens is 333 g/mol. The average molecular weight is 352 g/mol. The molecule has 2 aromatic heterocycles. The second-order valence-corrected chi connectivity index (χ2v) is 6.07. The van der Waals surface area contributed by atoms with Crippen molar-refractivity contribution in [3.8, 4) is 5.88 Å². The Bertz CT molecular complexity index is 715. The van der Waals surface area contributed by atoms with Crippen LogP contribution in [0.15, 0.2) is 30.6 Å². The zero-order valence-corrected chi connectivity index (χ0v) is 13.8. The smallest absolute Gasteiger partial charge is 0.433 e. The lowest BCUT2D eigenvalue weighted by Crippen LogP contribution is -2.36. The van der Waals surface area contributed by atoms with Gasteiger partial charge in [-0.15, -0.1) is 0 Å². The number of aromatic nitrogens is 3. The number of piperidine rings is 1. The first-order chi connectivity index (χ1) is 11.9. The van der Waals surface area contributed by atoms with Crippen molar-refractivity contribution in [3.05, 3.63) is 42.0 Å². The Kier molecular flexibility index (Phi) is 5.06. The lowest BCUT2D eigenvalue weighted by molar-refractivity contribution is -0.141. The zero-order chi connectivity index (χ0) is 17.9. The van der Waals surface area contributed by atoms with Crippen molar-refractivity contribution < 1.29 is 17.9 Å². The summed E-state index contributed by atoms with van der Waals surface area (Å²) in [7, 11) is 0. The van der Waals surface area contributed by atoms with Crippen LogP contribution in [0.25, 0.3) is 0 Å². The van der Waals surface area contributed by atoms with Crippen molar-refractivity contribution in [1.29, 1.82) is 0 Å². The standard InChI is InChI=1S/C17H19F3N4O/c1-12-16(22-8-7-21-12)25-11-13-5-9-24(10-6-13)15-4-2-3-14(23-15)17(18,19)20/h2-4,7-8,13H,5-6,9-11H2,1H3. The molecule has 0 atom stereocenters. The third kappa shape index (κ3) is 4.37. The van der Waals surface area contributed by atoms with Gasteiger partial charge in [0.25, 0.3) is 0 Å². The molecule has 25 heavy (non-hydrogen) atoms. The summed E-state index contributed by atoms with van der Waals surface area (Å²) in [5, 5.41) is 0. The highest BCUT2D eigenvalue weighted by Gasteiger charge is 2.33. The first-order valence-electron chi connectivity index (χ1n) is 8.13. The van der Waals surface area contributed by atoms with Gasteiger partial charge in [-0.05, 0) is 37.8 Å². The summed E-state index contributed by atoms with van der Waals surface area (Å²) in [6.45, 7) is 3.68. The lowest BCUT2D eigenvalue weighted by Gasteiger charge is -2.32. The van der Waals surface area contributed by atoms with Gasteiger partial charge in [0.05, 0.1) is 12.3 Å². The number of halogens is 3. The molecule has 0 bridgehead atoms. The van der Waals surface area contributed by atoms with Crippen LogP contribution in [0.4, 0.5) is 19.0 Å². The summed E-state index contributed by atoms with van der Waals surface area (Å²) in [6.07, 6.45) is 0.443. The van der Waals surface area contributed by atoms with Gasteiger partial charge in [0.15, 0.2) is 0 Å². The first kappa shape index (κ1) is 17.4. The van der Waals surface area contributed by atoms with Crippen LogP contribution in [-0.4, -0.2) is 34.6 Å². The predicted octanol–water partition coefficient (Wildman–Crippen LogP) is 3.49. The number of alkyl halides is 3. The summed E-state index contributed by atoms with van der Waals surface area (Å²) < 4.78 is 44.1. The van der Waals surface area contributed by atoms with Gasteiger partial charge in [-0.2, -0.15) is 13.2 Å². The van der Waals surface area contributed by atoms with E-state index < -0.39 is 11.9 Å². The molecule has 0 amide bonds. The molecular formula is C17H19F3N4O. The van der Waals surface area contributed by atoms with Crippen LogP contribution in [0.5, 0.6) is 5.88 Å². The first-order valence-corrected chi connectivity index (χ1v) is 8.13. The second kappa shape index (κ2) is 7.25. The molecule has 0 aliphatic carbocycles. The third-order valence-corrected chi connectivity index (χ3v) is 4.26. The maximum Gasteiger partial charge on any atom is 0.433 e. The van der Waals surface area contributed by atoms with E-state index in [0.29, 0.717) is 37.3 Å². The summed E-state index contributed by atoms with van der Waals surface area (Å²) >= 11 is 0. The summed E-state index contributed by atoms with van der Waals surface area (Å²) in [6, 6.07) is 4.01. The molecule has 0 saturated carbocycles. The number of hydrogen-bond donors (Lipinski definition) is 0. The molecule has 0 N–H and O–H groups in total. The highest BCUT2D eigenvalue weighted by atomic mass is 19.4. The van der Waals surface area contributed by atoms with Crippen LogP contribution in [-0.2, 0) is 6.18 Å².